The fourth-order valence-corrected chi connectivity index (χ4v) is 2.28. The quantitative estimate of drug-likeness (QED) is 0.671. The van der Waals surface area contributed by atoms with E-state index in [1.165, 1.54) is 0 Å². The number of sulfonamides is 1. The third-order valence-corrected chi connectivity index (χ3v) is 3.77. The van der Waals surface area contributed by atoms with Gasteiger partial charge in [0.25, 0.3) is 0 Å². The van der Waals surface area contributed by atoms with E-state index >= 15 is 0 Å². The highest BCUT2D eigenvalue weighted by Gasteiger charge is 2.09. The summed E-state index contributed by atoms with van der Waals surface area (Å²) in [5.41, 5.74) is 6.46. The molecule has 0 heterocycles. The summed E-state index contributed by atoms with van der Waals surface area (Å²) in [6, 6.07) is 6.88. The molecule has 0 bridgehead atoms. The molecular weight excluding hydrogens is 258 g/mol. The van der Waals surface area contributed by atoms with Gasteiger partial charge in [0.15, 0.2) is 0 Å². The molecule has 0 aromatic heterocycles. The lowest BCUT2D eigenvalue weighted by Crippen LogP contribution is -2.22. The summed E-state index contributed by atoms with van der Waals surface area (Å²) in [6.45, 7) is 0.0873. The first-order chi connectivity index (χ1) is 7.98. The molecule has 0 aliphatic carbocycles. The van der Waals surface area contributed by atoms with Gasteiger partial charge in [0.2, 0.25) is 10.0 Å². The van der Waals surface area contributed by atoms with Crippen LogP contribution in [0.1, 0.15) is 5.56 Å². The zero-order chi connectivity index (χ0) is 12.9. The number of hydrogen-bond acceptors (Lipinski definition) is 4. The smallest absolute Gasteiger partial charge is 0.233 e. The molecule has 0 unspecified atom stereocenters. The molecule has 1 rings (SSSR count). The van der Waals surface area contributed by atoms with E-state index in [2.05, 4.69) is 10.0 Å². The Balaban J connectivity index is 2.90. The van der Waals surface area contributed by atoms with E-state index in [0.29, 0.717) is 10.7 Å². The maximum absolute atomic E-state index is 11.5. The molecule has 0 atom stereocenters. The molecule has 4 N–H and O–H groups in total. The minimum absolute atomic E-state index is 0.0873. The van der Waals surface area contributed by atoms with Crippen LogP contribution in [-0.2, 0) is 10.0 Å². The lowest BCUT2D eigenvalue weighted by Gasteiger charge is -2.09. The summed E-state index contributed by atoms with van der Waals surface area (Å²) in [4.78, 5) is 0.560. The minimum atomic E-state index is -3.37. The first kappa shape index (κ1) is 13.9. The first-order valence-electron chi connectivity index (χ1n) is 5.01. The predicted octanol–water partition coefficient (Wildman–Crippen LogP) is 0.282. The molecule has 0 radical (unpaired) electrons. The summed E-state index contributed by atoms with van der Waals surface area (Å²) in [6.07, 6.45) is 0. The van der Waals surface area contributed by atoms with E-state index in [-0.39, 0.29) is 12.3 Å². The Bertz CT molecular complexity index is 500. The molecule has 1 aromatic carbocycles. The molecule has 0 saturated carbocycles. The van der Waals surface area contributed by atoms with Gasteiger partial charge in [0.1, 0.15) is 4.99 Å². The van der Waals surface area contributed by atoms with Crippen molar-refractivity contribution >= 4 is 32.9 Å². The van der Waals surface area contributed by atoms with Crippen LogP contribution in [0, 0.1) is 0 Å². The Hall–Kier alpha value is -1.18. The second-order valence-corrected chi connectivity index (χ2v) is 5.62. The number of benzene rings is 1. The third-order valence-electron chi connectivity index (χ3n) is 2.01. The van der Waals surface area contributed by atoms with Gasteiger partial charge in [-0.05, 0) is 12.1 Å². The van der Waals surface area contributed by atoms with Crippen molar-refractivity contribution < 1.29 is 8.42 Å². The van der Waals surface area contributed by atoms with Gasteiger partial charge in [-0.25, -0.2) is 8.42 Å². The Morgan fingerprint density at radius 3 is 2.76 bits per heavy atom. The van der Waals surface area contributed by atoms with Crippen molar-refractivity contribution in [3.8, 4) is 0 Å². The fraction of sp³-hybridized carbons (Fsp3) is 0.300. The van der Waals surface area contributed by atoms with Crippen molar-refractivity contribution in [2.45, 2.75) is 0 Å². The molecule has 0 saturated heterocycles. The molecule has 7 heteroatoms. The normalized spacial score (nSPS) is 10.9. The van der Waals surface area contributed by atoms with Crippen molar-refractivity contribution in [3.05, 3.63) is 29.8 Å². The zero-order valence-corrected chi connectivity index (χ0v) is 11.1. The number of thiocarbonyl (C=S) groups is 1. The number of rotatable bonds is 5. The average Bonchev–Trinajstić information content (AvgIpc) is 2.27. The van der Waals surface area contributed by atoms with Crippen LogP contribution in [0.15, 0.2) is 24.3 Å². The van der Waals surface area contributed by atoms with Gasteiger partial charge in [-0.2, -0.15) is 0 Å². The van der Waals surface area contributed by atoms with Crippen LogP contribution >= 0.6 is 12.2 Å². The van der Waals surface area contributed by atoms with Crippen LogP contribution in [0.5, 0.6) is 0 Å². The molecule has 17 heavy (non-hydrogen) atoms. The Morgan fingerprint density at radius 1 is 1.47 bits per heavy atom. The van der Waals surface area contributed by atoms with Crippen molar-refractivity contribution in [3.63, 3.8) is 0 Å². The van der Waals surface area contributed by atoms with Crippen LogP contribution in [0.4, 0.5) is 5.69 Å². The van der Waals surface area contributed by atoms with Gasteiger partial charge in [-0.3, -0.25) is 4.72 Å². The molecule has 0 aliphatic rings. The lowest BCUT2D eigenvalue weighted by molar-refractivity contribution is 0.601. The zero-order valence-electron chi connectivity index (χ0n) is 9.43. The van der Waals surface area contributed by atoms with Gasteiger partial charge in [0, 0.05) is 24.8 Å². The summed E-state index contributed by atoms with van der Waals surface area (Å²) < 4.78 is 25.5. The maximum atomic E-state index is 11.5. The van der Waals surface area contributed by atoms with Crippen LogP contribution < -0.4 is 15.8 Å². The van der Waals surface area contributed by atoms with Gasteiger partial charge in [0.05, 0.1) is 5.75 Å². The predicted molar refractivity (Wildman–Crippen MR) is 73.7 cm³/mol. The summed E-state index contributed by atoms with van der Waals surface area (Å²) >= 11 is 5.07. The molecule has 1 aromatic rings. The Morgan fingerprint density at radius 2 is 2.18 bits per heavy atom. The molecule has 94 valence electrons. The molecule has 0 fully saturated rings. The monoisotopic (exact) mass is 273 g/mol. The second kappa shape index (κ2) is 5.95. The van der Waals surface area contributed by atoms with Gasteiger partial charge < -0.3 is 11.1 Å². The molecule has 0 aliphatic heterocycles. The van der Waals surface area contributed by atoms with Crippen molar-refractivity contribution in [1.82, 2.24) is 5.32 Å². The third kappa shape index (κ3) is 4.29. The SMILES string of the molecule is CNC(=S)c1cccc(NS(=O)(=O)CCN)c1. The van der Waals surface area contributed by atoms with Crippen LogP contribution in [0.2, 0.25) is 0 Å². The second-order valence-electron chi connectivity index (χ2n) is 3.37. The van der Waals surface area contributed by atoms with E-state index in [4.69, 9.17) is 18.0 Å². The van der Waals surface area contributed by atoms with E-state index in [1.807, 2.05) is 0 Å². The topological polar surface area (TPSA) is 84.2 Å². The van der Waals surface area contributed by atoms with Crippen molar-refractivity contribution in [2.75, 3.05) is 24.1 Å². The highest BCUT2D eigenvalue weighted by atomic mass is 32.2. The largest absolute Gasteiger partial charge is 0.379 e. The lowest BCUT2D eigenvalue weighted by atomic mass is 10.2. The van der Waals surface area contributed by atoms with Crippen LogP contribution in [0.25, 0.3) is 0 Å². The number of anilines is 1. The van der Waals surface area contributed by atoms with Gasteiger partial charge in [-0.1, -0.05) is 24.4 Å². The molecular formula is C10H15N3O2S2. The van der Waals surface area contributed by atoms with Crippen molar-refractivity contribution in [1.29, 1.82) is 0 Å². The van der Waals surface area contributed by atoms with E-state index in [9.17, 15) is 8.42 Å². The average molecular weight is 273 g/mol. The Labute approximate surface area is 106 Å². The number of hydrogen-bond donors (Lipinski definition) is 3. The van der Waals surface area contributed by atoms with Gasteiger partial charge >= 0.3 is 0 Å². The summed E-state index contributed by atoms with van der Waals surface area (Å²) in [7, 11) is -1.66. The standard InChI is InChI=1S/C10H15N3O2S2/c1-12-10(16)8-3-2-4-9(7-8)13-17(14,15)6-5-11/h2-4,7,13H,5-6,11H2,1H3,(H,12,16). The Kier molecular flexibility index (Phi) is 4.86. The van der Waals surface area contributed by atoms with E-state index in [0.717, 1.165) is 5.56 Å². The van der Waals surface area contributed by atoms with E-state index < -0.39 is 10.0 Å². The van der Waals surface area contributed by atoms with Gasteiger partial charge in [-0.15, -0.1) is 0 Å². The maximum Gasteiger partial charge on any atom is 0.233 e. The van der Waals surface area contributed by atoms with Crippen molar-refractivity contribution in [2.24, 2.45) is 5.73 Å². The number of nitrogens with two attached hydrogens (primary N) is 1. The highest BCUT2D eigenvalue weighted by Crippen LogP contribution is 2.12. The number of nitrogens with one attached hydrogen (secondary N) is 2. The molecule has 5 nitrogen and oxygen atoms in total. The molecule has 0 amide bonds. The van der Waals surface area contributed by atoms with E-state index in [1.54, 1.807) is 31.3 Å². The first-order valence-corrected chi connectivity index (χ1v) is 7.07. The minimum Gasteiger partial charge on any atom is -0.379 e. The summed E-state index contributed by atoms with van der Waals surface area (Å²) in [5.74, 6) is -0.103. The molecule has 0 spiro atoms. The fourth-order valence-electron chi connectivity index (χ4n) is 1.25. The summed E-state index contributed by atoms with van der Waals surface area (Å²) in [5, 5.41) is 2.83. The highest BCUT2D eigenvalue weighted by molar-refractivity contribution is 7.92. The van der Waals surface area contributed by atoms with Crippen LogP contribution in [-0.4, -0.2) is 32.8 Å². The van der Waals surface area contributed by atoms with Crippen LogP contribution in [0.3, 0.4) is 0 Å².